The van der Waals surface area contributed by atoms with Crippen LogP contribution in [0.25, 0.3) is 0 Å². The van der Waals surface area contributed by atoms with E-state index in [2.05, 4.69) is 15.6 Å². The van der Waals surface area contributed by atoms with Crippen molar-refractivity contribution in [3.63, 3.8) is 0 Å². The summed E-state index contributed by atoms with van der Waals surface area (Å²) in [6.45, 7) is 5.53. The number of aromatic nitrogens is 1. The van der Waals surface area contributed by atoms with E-state index in [-0.39, 0.29) is 5.91 Å². The molecule has 0 bridgehead atoms. The Labute approximate surface area is 141 Å². The number of para-hydroxylation sites is 1. The Hall–Kier alpha value is -2.89. The molecule has 0 saturated carbocycles. The Balaban J connectivity index is 2.13. The third-order valence-corrected chi connectivity index (χ3v) is 3.30. The summed E-state index contributed by atoms with van der Waals surface area (Å²) in [5, 5.41) is 5.88. The van der Waals surface area contributed by atoms with Crippen LogP contribution < -0.4 is 10.6 Å². The average Bonchev–Trinajstić information content (AvgIpc) is 2.55. The highest BCUT2D eigenvalue weighted by atomic mass is 16.5. The number of nitrogens with one attached hydrogen (secondary N) is 2. The first-order valence-corrected chi connectivity index (χ1v) is 7.53. The monoisotopic (exact) mass is 327 g/mol. The predicted octanol–water partition coefficient (Wildman–Crippen LogP) is 3.60. The maximum absolute atomic E-state index is 12.0. The van der Waals surface area contributed by atoms with Gasteiger partial charge < -0.3 is 15.4 Å². The number of pyridine rings is 1. The normalized spacial score (nSPS) is 10.8. The molecule has 0 radical (unpaired) electrons. The number of hydrogen-bond acceptors (Lipinski definition) is 5. The van der Waals surface area contributed by atoms with Gasteiger partial charge >= 0.3 is 5.97 Å². The summed E-state index contributed by atoms with van der Waals surface area (Å²) in [5.74, 6) is 0.0494. The third-order valence-electron chi connectivity index (χ3n) is 3.30. The molecular weight excluding hydrogens is 306 g/mol. The fourth-order valence-electron chi connectivity index (χ4n) is 1.88. The lowest BCUT2D eigenvalue weighted by Gasteiger charge is -2.17. The highest BCUT2D eigenvalue weighted by molar-refractivity contribution is 5.96. The molecule has 0 fully saturated rings. The number of methoxy groups -OCH3 is 1. The molecule has 0 aliphatic rings. The van der Waals surface area contributed by atoms with E-state index < -0.39 is 11.4 Å². The highest BCUT2D eigenvalue weighted by Gasteiger charge is 2.21. The summed E-state index contributed by atoms with van der Waals surface area (Å²) in [5.41, 5.74) is 1.16. The van der Waals surface area contributed by atoms with Crippen molar-refractivity contribution in [1.82, 2.24) is 4.98 Å². The Morgan fingerprint density at radius 1 is 1.08 bits per heavy atom. The molecule has 1 amide bonds. The van der Waals surface area contributed by atoms with Crippen LogP contribution in [0.15, 0.2) is 42.6 Å². The lowest BCUT2D eigenvalue weighted by atomic mass is 9.96. The standard InChI is InChI=1S/C18H21N3O3/c1-18(2,3)17(23)20-12-9-10-15(19-11-12)21-14-8-6-5-7-13(14)16(22)24-4/h5-11H,1-4H3,(H,19,21)(H,20,23). The quantitative estimate of drug-likeness (QED) is 0.839. The Morgan fingerprint density at radius 3 is 2.38 bits per heavy atom. The molecule has 2 aromatic rings. The first kappa shape index (κ1) is 17.5. The molecule has 0 aliphatic carbocycles. The van der Waals surface area contributed by atoms with Crippen LogP contribution in [0.4, 0.5) is 17.2 Å². The zero-order valence-corrected chi connectivity index (χ0v) is 14.2. The molecule has 0 aliphatic heterocycles. The van der Waals surface area contributed by atoms with Gasteiger partial charge in [0.25, 0.3) is 0 Å². The molecule has 1 aromatic carbocycles. The van der Waals surface area contributed by atoms with Gasteiger partial charge in [-0.2, -0.15) is 0 Å². The second-order valence-electron chi connectivity index (χ2n) is 6.30. The van der Waals surface area contributed by atoms with Crippen LogP contribution in [-0.2, 0) is 9.53 Å². The molecule has 2 N–H and O–H groups in total. The zero-order valence-electron chi connectivity index (χ0n) is 14.2. The van der Waals surface area contributed by atoms with E-state index in [9.17, 15) is 9.59 Å². The average molecular weight is 327 g/mol. The fourth-order valence-corrected chi connectivity index (χ4v) is 1.88. The zero-order chi connectivity index (χ0) is 17.7. The summed E-state index contributed by atoms with van der Waals surface area (Å²) >= 11 is 0. The van der Waals surface area contributed by atoms with Crippen LogP contribution in [0, 0.1) is 5.41 Å². The molecule has 0 spiro atoms. The first-order chi connectivity index (χ1) is 11.3. The highest BCUT2D eigenvalue weighted by Crippen LogP contribution is 2.22. The van der Waals surface area contributed by atoms with Crippen molar-refractivity contribution in [3.05, 3.63) is 48.2 Å². The van der Waals surface area contributed by atoms with Crippen molar-refractivity contribution in [1.29, 1.82) is 0 Å². The van der Waals surface area contributed by atoms with Gasteiger partial charge in [0, 0.05) is 5.41 Å². The molecule has 1 aromatic heterocycles. The Bertz CT molecular complexity index is 734. The van der Waals surface area contributed by atoms with E-state index in [1.54, 1.807) is 36.5 Å². The molecule has 0 atom stereocenters. The van der Waals surface area contributed by atoms with E-state index in [0.29, 0.717) is 22.8 Å². The molecular formula is C18H21N3O3. The lowest BCUT2D eigenvalue weighted by Crippen LogP contribution is -2.27. The summed E-state index contributed by atoms with van der Waals surface area (Å²) in [7, 11) is 1.34. The van der Waals surface area contributed by atoms with Crippen LogP contribution in [0.5, 0.6) is 0 Å². The topological polar surface area (TPSA) is 80.3 Å². The number of benzene rings is 1. The number of esters is 1. The minimum absolute atomic E-state index is 0.0824. The van der Waals surface area contributed by atoms with Crippen LogP contribution in [-0.4, -0.2) is 24.0 Å². The summed E-state index contributed by atoms with van der Waals surface area (Å²) in [6, 6.07) is 10.5. The fraction of sp³-hybridized carbons (Fsp3) is 0.278. The van der Waals surface area contributed by atoms with Gasteiger partial charge in [-0.15, -0.1) is 0 Å². The number of carbonyl (C=O) groups is 2. The summed E-state index contributed by atoms with van der Waals surface area (Å²) in [6.07, 6.45) is 1.56. The number of ether oxygens (including phenoxy) is 1. The van der Waals surface area contributed by atoms with Crippen molar-refractivity contribution in [3.8, 4) is 0 Å². The smallest absolute Gasteiger partial charge is 0.339 e. The molecule has 2 rings (SSSR count). The van der Waals surface area contributed by atoms with Crippen molar-refractivity contribution >= 4 is 29.1 Å². The molecule has 24 heavy (non-hydrogen) atoms. The predicted molar refractivity (Wildman–Crippen MR) is 93.4 cm³/mol. The van der Waals surface area contributed by atoms with E-state index >= 15 is 0 Å². The van der Waals surface area contributed by atoms with E-state index in [4.69, 9.17) is 4.74 Å². The minimum Gasteiger partial charge on any atom is -0.465 e. The number of hydrogen-bond donors (Lipinski definition) is 2. The van der Waals surface area contributed by atoms with Gasteiger partial charge in [-0.1, -0.05) is 32.9 Å². The van der Waals surface area contributed by atoms with Gasteiger partial charge in [-0.25, -0.2) is 9.78 Å². The summed E-state index contributed by atoms with van der Waals surface area (Å²) in [4.78, 5) is 28.0. The van der Waals surface area contributed by atoms with Gasteiger partial charge in [0.1, 0.15) is 5.82 Å². The maximum Gasteiger partial charge on any atom is 0.339 e. The van der Waals surface area contributed by atoms with Gasteiger partial charge in [-0.3, -0.25) is 4.79 Å². The van der Waals surface area contributed by atoms with Gasteiger partial charge in [0.05, 0.1) is 30.2 Å². The third kappa shape index (κ3) is 4.32. The van der Waals surface area contributed by atoms with Crippen molar-refractivity contribution in [2.45, 2.75) is 20.8 Å². The van der Waals surface area contributed by atoms with E-state index in [1.165, 1.54) is 7.11 Å². The van der Waals surface area contributed by atoms with Crippen molar-refractivity contribution in [2.75, 3.05) is 17.7 Å². The second-order valence-corrected chi connectivity index (χ2v) is 6.30. The molecule has 1 heterocycles. The number of carbonyl (C=O) groups excluding carboxylic acids is 2. The molecule has 126 valence electrons. The lowest BCUT2D eigenvalue weighted by molar-refractivity contribution is -0.123. The Kier molecular flexibility index (Phi) is 5.18. The van der Waals surface area contributed by atoms with Crippen molar-refractivity contribution < 1.29 is 14.3 Å². The van der Waals surface area contributed by atoms with Crippen molar-refractivity contribution in [2.24, 2.45) is 5.41 Å². The number of nitrogens with zero attached hydrogens (tertiary/aromatic N) is 1. The molecule has 0 unspecified atom stereocenters. The number of amides is 1. The van der Waals surface area contributed by atoms with Gasteiger partial charge in [-0.05, 0) is 24.3 Å². The van der Waals surface area contributed by atoms with E-state index in [0.717, 1.165) is 0 Å². The molecule has 0 saturated heterocycles. The second kappa shape index (κ2) is 7.12. The minimum atomic E-state index is -0.476. The first-order valence-electron chi connectivity index (χ1n) is 7.53. The Morgan fingerprint density at radius 2 is 1.79 bits per heavy atom. The van der Waals surface area contributed by atoms with Crippen LogP contribution >= 0.6 is 0 Å². The van der Waals surface area contributed by atoms with E-state index in [1.807, 2.05) is 26.8 Å². The number of anilines is 3. The van der Waals surface area contributed by atoms with Gasteiger partial charge in [0.2, 0.25) is 5.91 Å². The molecule has 6 nitrogen and oxygen atoms in total. The van der Waals surface area contributed by atoms with Crippen LogP contribution in [0.2, 0.25) is 0 Å². The van der Waals surface area contributed by atoms with Crippen LogP contribution in [0.3, 0.4) is 0 Å². The SMILES string of the molecule is COC(=O)c1ccccc1Nc1ccc(NC(=O)C(C)(C)C)cn1. The number of rotatable bonds is 4. The largest absolute Gasteiger partial charge is 0.465 e. The maximum atomic E-state index is 12.0. The van der Waals surface area contributed by atoms with Crippen LogP contribution in [0.1, 0.15) is 31.1 Å². The van der Waals surface area contributed by atoms with Gasteiger partial charge in [0.15, 0.2) is 0 Å². The summed E-state index contributed by atoms with van der Waals surface area (Å²) < 4.78 is 4.76. The molecule has 6 heteroatoms.